The lowest BCUT2D eigenvalue weighted by Gasteiger charge is -2.18. The third-order valence-electron chi connectivity index (χ3n) is 3.87. The normalized spacial score (nSPS) is 19.1. The number of halogens is 1. The van der Waals surface area contributed by atoms with Gasteiger partial charge in [-0.15, -0.1) is 12.4 Å². The number of rotatable bonds is 3. The third-order valence-corrected chi connectivity index (χ3v) is 5.79. The van der Waals surface area contributed by atoms with E-state index in [4.69, 9.17) is 10.5 Å². The van der Waals surface area contributed by atoms with E-state index in [2.05, 4.69) is 0 Å². The Bertz CT molecular complexity index is 779. The molecule has 1 aliphatic heterocycles. The average molecular weight is 343 g/mol. The van der Waals surface area contributed by atoms with E-state index in [1.807, 2.05) is 18.2 Å². The highest BCUT2D eigenvalue weighted by atomic mass is 35.5. The number of sulfonamides is 1. The van der Waals surface area contributed by atoms with E-state index in [9.17, 15) is 8.42 Å². The average Bonchev–Trinajstić information content (AvgIpc) is 2.93. The highest BCUT2D eigenvalue weighted by Gasteiger charge is 2.32. The molecule has 0 aromatic heterocycles. The molecule has 7 heteroatoms. The second-order valence-electron chi connectivity index (χ2n) is 5.22. The number of benzene rings is 2. The van der Waals surface area contributed by atoms with Crippen molar-refractivity contribution in [3.8, 4) is 5.75 Å². The SMILES string of the molecule is COc1ccc(S(=O)(=O)N2CC[C@@H](N)C2)c2ccccc12.Cl. The molecule has 22 heavy (non-hydrogen) atoms. The second kappa shape index (κ2) is 6.42. The molecule has 1 saturated heterocycles. The largest absolute Gasteiger partial charge is 0.496 e. The summed E-state index contributed by atoms with van der Waals surface area (Å²) < 4.78 is 32.4. The number of methoxy groups -OCH3 is 1. The van der Waals surface area contributed by atoms with Gasteiger partial charge in [0.25, 0.3) is 0 Å². The van der Waals surface area contributed by atoms with Crippen molar-refractivity contribution < 1.29 is 13.2 Å². The molecule has 1 heterocycles. The van der Waals surface area contributed by atoms with E-state index in [0.29, 0.717) is 35.5 Å². The number of nitrogens with zero attached hydrogens (tertiary/aromatic N) is 1. The van der Waals surface area contributed by atoms with Crippen LogP contribution in [0.5, 0.6) is 5.75 Å². The predicted octanol–water partition coefficient (Wildman–Crippen LogP) is 1.99. The first kappa shape index (κ1) is 17.0. The summed E-state index contributed by atoms with van der Waals surface area (Å²) in [5, 5.41) is 1.47. The van der Waals surface area contributed by atoms with Crippen molar-refractivity contribution in [2.24, 2.45) is 5.73 Å². The van der Waals surface area contributed by atoms with Gasteiger partial charge in [-0.25, -0.2) is 8.42 Å². The molecular weight excluding hydrogens is 324 g/mol. The molecule has 2 aromatic carbocycles. The first-order chi connectivity index (χ1) is 10.0. The summed E-state index contributed by atoms with van der Waals surface area (Å²) in [6.45, 7) is 0.854. The zero-order valence-corrected chi connectivity index (χ0v) is 13.9. The van der Waals surface area contributed by atoms with E-state index in [1.165, 1.54) is 4.31 Å². The van der Waals surface area contributed by atoms with E-state index < -0.39 is 10.0 Å². The van der Waals surface area contributed by atoms with Crippen LogP contribution >= 0.6 is 12.4 Å². The molecule has 1 fully saturated rings. The first-order valence-corrected chi connectivity index (χ1v) is 8.29. The third kappa shape index (κ3) is 2.79. The zero-order chi connectivity index (χ0) is 15.0. The van der Waals surface area contributed by atoms with Crippen LogP contribution < -0.4 is 10.5 Å². The van der Waals surface area contributed by atoms with Crippen LogP contribution in [-0.2, 0) is 10.0 Å². The predicted molar refractivity (Wildman–Crippen MR) is 89.1 cm³/mol. The van der Waals surface area contributed by atoms with Gasteiger partial charge in [-0.1, -0.05) is 24.3 Å². The van der Waals surface area contributed by atoms with Gasteiger partial charge in [0.1, 0.15) is 5.75 Å². The van der Waals surface area contributed by atoms with Crippen molar-refractivity contribution in [1.82, 2.24) is 4.31 Å². The van der Waals surface area contributed by atoms with Crippen LogP contribution in [-0.4, -0.2) is 39.0 Å². The van der Waals surface area contributed by atoms with E-state index in [1.54, 1.807) is 25.3 Å². The Balaban J connectivity index is 0.00000176. The van der Waals surface area contributed by atoms with Crippen LogP contribution in [0, 0.1) is 0 Å². The maximum absolute atomic E-state index is 12.8. The minimum atomic E-state index is -3.53. The second-order valence-corrected chi connectivity index (χ2v) is 7.13. The fourth-order valence-corrected chi connectivity index (χ4v) is 4.47. The molecular formula is C15H19ClN2O3S. The lowest BCUT2D eigenvalue weighted by atomic mass is 10.1. The van der Waals surface area contributed by atoms with Gasteiger partial charge in [0.05, 0.1) is 12.0 Å². The molecule has 0 spiro atoms. The Labute approximate surface area is 136 Å². The summed E-state index contributed by atoms with van der Waals surface area (Å²) >= 11 is 0. The van der Waals surface area contributed by atoms with Crippen molar-refractivity contribution in [2.75, 3.05) is 20.2 Å². The van der Waals surface area contributed by atoms with Crippen molar-refractivity contribution in [2.45, 2.75) is 17.4 Å². The molecule has 0 unspecified atom stereocenters. The molecule has 2 N–H and O–H groups in total. The number of ether oxygens (including phenoxy) is 1. The fraction of sp³-hybridized carbons (Fsp3) is 0.333. The van der Waals surface area contributed by atoms with Crippen LogP contribution in [0.3, 0.4) is 0 Å². The Morgan fingerprint density at radius 1 is 1.18 bits per heavy atom. The number of nitrogens with two attached hydrogens (primary N) is 1. The minimum Gasteiger partial charge on any atom is -0.496 e. The number of fused-ring (bicyclic) bond motifs is 1. The topological polar surface area (TPSA) is 72.6 Å². The summed E-state index contributed by atoms with van der Waals surface area (Å²) in [6.07, 6.45) is 0.702. The van der Waals surface area contributed by atoms with Gasteiger partial charge in [-0.05, 0) is 18.6 Å². The minimum absolute atomic E-state index is 0. The monoisotopic (exact) mass is 342 g/mol. The molecule has 1 atom stereocenters. The summed E-state index contributed by atoms with van der Waals surface area (Å²) in [4.78, 5) is 0.313. The number of hydrogen-bond donors (Lipinski definition) is 1. The molecule has 0 amide bonds. The molecule has 0 bridgehead atoms. The summed E-state index contributed by atoms with van der Waals surface area (Å²) in [7, 11) is -1.95. The van der Waals surface area contributed by atoms with Crippen molar-refractivity contribution in [1.29, 1.82) is 0 Å². The number of hydrogen-bond acceptors (Lipinski definition) is 4. The van der Waals surface area contributed by atoms with Gasteiger partial charge < -0.3 is 10.5 Å². The Morgan fingerprint density at radius 3 is 2.45 bits per heavy atom. The highest BCUT2D eigenvalue weighted by molar-refractivity contribution is 7.89. The molecule has 2 aromatic rings. The summed E-state index contributed by atoms with van der Waals surface area (Å²) in [6, 6.07) is 10.6. The molecule has 3 rings (SSSR count). The van der Waals surface area contributed by atoms with Crippen LogP contribution in [0.2, 0.25) is 0 Å². The van der Waals surface area contributed by atoms with Gasteiger partial charge in [-0.2, -0.15) is 4.31 Å². The molecule has 0 saturated carbocycles. The van der Waals surface area contributed by atoms with Gasteiger partial charge in [-0.3, -0.25) is 0 Å². The standard InChI is InChI=1S/C15H18N2O3S.ClH/c1-20-14-6-7-15(13-5-3-2-4-12(13)14)21(18,19)17-9-8-11(16)10-17;/h2-7,11H,8-10,16H2,1H3;1H/t11-;/m1./s1. The van der Waals surface area contributed by atoms with E-state index in [-0.39, 0.29) is 18.4 Å². The lowest BCUT2D eigenvalue weighted by molar-refractivity contribution is 0.419. The highest BCUT2D eigenvalue weighted by Crippen LogP contribution is 2.33. The first-order valence-electron chi connectivity index (χ1n) is 6.85. The molecule has 0 aliphatic carbocycles. The van der Waals surface area contributed by atoms with Crippen LogP contribution in [0.15, 0.2) is 41.3 Å². The summed E-state index contributed by atoms with van der Waals surface area (Å²) in [5.41, 5.74) is 5.83. The molecule has 5 nitrogen and oxygen atoms in total. The van der Waals surface area contributed by atoms with Crippen LogP contribution in [0.1, 0.15) is 6.42 Å². The smallest absolute Gasteiger partial charge is 0.243 e. The van der Waals surface area contributed by atoms with Crippen molar-refractivity contribution in [3.05, 3.63) is 36.4 Å². The van der Waals surface area contributed by atoms with Crippen molar-refractivity contribution >= 4 is 33.2 Å². The lowest BCUT2D eigenvalue weighted by Crippen LogP contribution is -2.32. The van der Waals surface area contributed by atoms with Crippen molar-refractivity contribution in [3.63, 3.8) is 0 Å². The Hall–Kier alpha value is -1.34. The van der Waals surface area contributed by atoms with Crippen LogP contribution in [0.4, 0.5) is 0 Å². The van der Waals surface area contributed by atoms with E-state index in [0.717, 1.165) is 5.39 Å². The molecule has 1 aliphatic rings. The quantitative estimate of drug-likeness (QED) is 0.925. The van der Waals surface area contributed by atoms with Crippen LogP contribution in [0.25, 0.3) is 10.8 Å². The van der Waals surface area contributed by atoms with E-state index >= 15 is 0 Å². The fourth-order valence-electron chi connectivity index (χ4n) is 2.76. The van der Waals surface area contributed by atoms with Gasteiger partial charge in [0.15, 0.2) is 0 Å². The Morgan fingerprint density at radius 2 is 1.86 bits per heavy atom. The summed E-state index contributed by atoms with van der Waals surface area (Å²) in [5.74, 6) is 0.669. The van der Waals surface area contributed by atoms with Gasteiger partial charge in [0, 0.05) is 29.9 Å². The molecule has 0 radical (unpaired) electrons. The maximum Gasteiger partial charge on any atom is 0.243 e. The molecule has 120 valence electrons. The zero-order valence-electron chi connectivity index (χ0n) is 12.2. The maximum atomic E-state index is 12.8. The van der Waals surface area contributed by atoms with Gasteiger partial charge >= 0.3 is 0 Å². The van der Waals surface area contributed by atoms with Gasteiger partial charge in [0.2, 0.25) is 10.0 Å². The Kier molecular flexibility index (Phi) is 4.97.